The first kappa shape index (κ1) is 19.8. The lowest BCUT2D eigenvalue weighted by atomic mass is 9.77. The zero-order valence-electron chi connectivity index (χ0n) is 16.8. The Kier molecular flexibility index (Phi) is 6.32. The monoisotopic (exact) mass is 388 g/mol. The van der Waals surface area contributed by atoms with E-state index in [4.69, 9.17) is 4.74 Å². The SMILES string of the molecule is O=C(NC1CCN(CC2(c3ccccc3F)CCCC2)CC1)C1CCOCC1. The molecule has 4 nitrogen and oxygen atoms in total. The van der Waals surface area contributed by atoms with Crippen LogP contribution in [0.15, 0.2) is 24.3 Å². The molecule has 4 rings (SSSR count). The van der Waals surface area contributed by atoms with Crippen LogP contribution in [0, 0.1) is 11.7 Å². The lowest BCUT2D eigenvalue weighted by Crippen LogP contribution is -2.49. The summed E-state index contributed by atoms with van der Waals surface area (Å²) in [5.74, 6) is 0.276. The van der Waals surface area contributed by atoms with Gasteiger partial charge in [0.1, 0.15) is 5.82 Å². The molecular weight excluding hydrogens is 355 g/mol. The van der Waals surface area contributed by atoms with Crippen molar-refractivity contribution in [3.63, 3.8) is 0 Å². The van der Waals surface area contributed by atoms with E-state index in [0.717, 1.165) is 63.7 Å². The van der Waals surface area contributed by atoms with E-state index < -0.39 is 0 Å². The van der Waals surface area contributed by atoms with Gasteiger partial charge in [-0.1, -0.05) is 31.0 Å². The molecule has 0 aromatic heterocycles. The summed E-state index contributed by atoms with van der Waals surface area (Å²) in [4.78, 5) is 15.0. The number of nitrogens with zero attached hydrogens (tertiary/aromatic N) is 1. The highest BCUT2D eigenvalue weighted by atomic mass is 19.1. The number of amides is 1. The molecule has 1 aliphatic carbocycles. The van der Waals surface area contributed by atoms with Gasteiger partial charge in [0.15, 0.2) is 0 Å². The number of halogens is 1. The van der Waals surface area contributed by atoms with Crippen LogP contribution in [-0.4, -0.2) is 49.7 Å². The highest BCUT2D eigenvalue weighted by Crippen LogP contribution is 2.43. The maximum atomic E-state index is 14.5. The molecule has 0 bridgehead atoms. The predicted octanol–water partition coefficient (Wildman–Crippen LogP) is 3.64. The van der Waals surface area contributed by atoms with E-state index in [-0.39, 0.29) is 29.1 Å². The molecule has 2 heterocycles. The third-order valence-corrected chi connectivity index (χ3v) is 7.06. The molecule has 154 valence electrons. The normalized spacial score (nSPS) is 24.3. The summed E-state index contributed by atoms with van der Waals surface area (Å²) in [5, 5.41) is 3.27. The predicted molar refractivity (Wildman–Crippen MR) is 108 cm³/mol. The molecule has 3 aliphatic rings. The lowest BCUT2D eigenvalue weighted by Gasteiger charge is -2.40. The fraction of sp³-hybridized carbons (Fsp3) is 0.696. The molecule has 1 N–H and O–H groups in total. The first-order valence-electron chi connectivity index (χ1n) is 11.0. The van der Waals surface area contributed by atoms with Crippen molar-refractivity contribution in [1.82, 2.24) is 10.2 Å². The second-order valence-corrected chi connectivity index (χ2v) is 8.91. The molecule has 0 unspecified atom stereocenters. The number of ether oxygens (including phenoxy) is 1. The van der Waals surface area contributed by atoms with Gasteiger partial charge in [0, 0.05) is 50.2 Å². The van der Waals surface area contributed by atoms with Gasteiger partial charge < -0.3 is 15.0 Å². The molecule has 2 aliphatic heterocycles. The summed E-state index contributed by atoms with van der Waals surface area (Å²) in [7, 11) is 0. The first-order chi connectivity index (χ1) is 13.7. The smallest absolute Gasteiger partial charge is 0.223 e. The summed E-state index contributed by atoms with van der Waals surface area (Å²) in [5.41, 5.74) is 0.867. The van der Waals surface area contributed by atoms with Crippen LogP contribution in [0.25, 0.3) is 0 Å². The Morgan fingerprint density at radius 3 is 2.46 bits per heavy atom. The number of likely N-dealkylation sites (tertiary alicyclic amines) is 1. The van der Waals surface area contributed by atoms with Crippen LogP contribution in [0.2, 0.25) is 0 Å². The summed E-state index contributed by atoms with van der Waals surface area (Å²) in [6.45, 7) is 4.31. The van der Waals surface area contributed by atoms with Crippen molar-refractivity contribution in [1.29, 1.82) is 0 Å². The number of hydrogen-bond donors (Lipinski definition) is 1. The molecule has 1 saturated carbocycles. The molecule has 1 amide bonds. The van der Waals surface area contributed by atoms with Crippen LogP contribution < -0.4 is 5.32 Å². The van der Waals surface area contributed by atoms with Crippen LogP contribution in [0.4, 0.5) is 4.39 Å². The molecule has 3 fully saturated rings. The Morgan fingerprint density at radius 1 is 1.11 bits per heavy atom. The van der Waals surface area contributed by atoms with Crippen LogP contribution in [0.1, 0.15) is 56.9 Å². The van der Waals surface area contributed by atoms with Crippen molar-refractivity contribution >= 4 is 5.91 Å². The van der Waals surface area contributed by atoms with Crippen molar-refractivity contribution < 1.29 is 13.9 Å². The second-order valence-electron chi connectivity index (χ2n) is 8.91. The molecule has 0 atom stereocenters. The average molecular weight is 389 g/mol. The van der Waals surface area contributed by atoms with E-state index in [1.54, 1.807) is 12.1 Å². The number of nitrogens with one attached hydrogen (secondary N) is 1. The molecular formula is C23H33FN2O2. The molecule has 5 heteroatoms. The van der Waals surface area contributed by atoms with Gasteiger partial charge in [-0.2, -0.15) is 0 Å². The molecule has 0 radical (unpaired) electrons. The van der Waals surface area contributed by atoms with Crippen LogP contribution >= 0.6 is 0 Å². The van der Waals surface area contributed by atoms with Crippen molar-refractivity contribution in [3.8, 4) is 0 Å². The highest BCUT2D eigenvalue weighted by Gasteiger charge is 2.39. The third-order valence-electron chi connectivity index (χ3n) is 7.06. The second kappa shape index (κ2) is 8.91. The molecule has 1 aromatic rings. The zero-order valence-corrected chi connectivity index (χ0v) is 16.8. The standard InChI is InChI=1S/C23H33FN2O2/c24-21-6-2-1-5-20(21)23(11-3-4-12-23)17-26-13-7-19(8-14-26)25-22(27)18-9-15-28-16-10-18/h1-2,5-6,18-19H,3-4,7-17H2,(H,25,27). The fourth-order valence-corrected chi connectivity index (χ4v) is 5.40. The third kappa shape index (κ3) is 4.41. The lowest BCUT2D eigenvalue weighted by molar-refractivity contribution is -0.128. The Labute approximate surface area is 167 Å². The number of carbonyl (C=O) groups excluding carboxylic acids is 1. The van der Waals surface area contributed by atoms with Gasteiger partial charge in [-0.15, -0.1) is 0 Å². The van der Waals surface area contributed by atoms with Gasteiger partial charge in [-0.05, 0) is 50.2 Å². The minimum Gasteiger partial charge on any atom is -0.381 e. The van der Waals surface area contributed by atoms with Gasteiger partial charge in [0.05, 0.1) is 0 Å². The van der Waals surface area contributed by atoms with E-state index in [9.17, 15) is 9.18 Å². The van der Waals surface area contributed by atoms with Gasteiger partial charge in [-0.25, -0.2) is 4.39 Å². The summed E-state index contributed by atoms with van der Waals surface area (Å²) in [6.07, 6.45) is 8.19. The summed E-state index contributed by atoms with van der Waals surface area (Å²) in [6, 6.07) is 7.62. The summed E-state index contributed by atoms with van der Waals surface area (Å²) >= 11 is 0. The first-order valence-corrected chi connectivity index (χ1v) is 11.0. The maximum Gasteiger partial charge on any atom is 0.223 e. The molecule has 0 spiro atoms. The Morgan fingerprint density at radius 2 is 1.79 bits per heavy atom. The average Bonchev–Trinajstić information content (AvgIpc) is 3.20. The highest BCUT2D eigenvalue weighted by molar-refractivity contribution is 5.79. The number of benzene rings is 1. The van der Waals surface area contributed by atoms with Crippen molar-refractivity contribution in [2.24, 2.45) is 5.92 Å². The quantitative estimate of drug-likeness (QED) is 0.837. The van der Waals surface area contributed by atoms with Crippen LogP contribution in [-0.2, 0) is 14.9 Å². The fourth-order valence-electron chi connectivity index (χ4n) is 5.40. The molecule has 1 aromatic carbocycles. The van der Waals surface area contributed by atoms with E-state index in [1.807, 2.05) is 12.1 Å². The summed E-state index contributed by atoms with van der Waals surface area (Å²) < 4.78 is 19.9. The topological polar surface area (TPSA) is 41.6 Å². The Bertz CT molecular complexity index is 660. The van der Waals surface area contributed by atoms with Gasteiger partial charge >= 0.3 is 0 Å². The maximum absolute atomic E-state index is 14.5. The van der Waals surface area contributed by atoms with Gasteiger partial charge in [0.25, 0.3) is 0 Å². The van der Waals surface area contributed by atoms with E-state index in [1.165, 1.54) is 12.8 Å². The number of hydrogen-bond acceptors (Lipinski definition) is 3. The zero-order chi connectivity index (χ0) is 19.4. The van der Waals surface area contributed by atoms with Crippen molar-refractivity contribution in [3.05, 3.63) is 35.6 Å². The minimum absolute atomic E-state index is 0.0382. The number of carbonyl (C=O) groups is 1. The van der Waals surface area contributed by atoms with Crippen molar-refractivity contribution in [2.45, 2.75) is 62.8 Å². The Hall–Kier alpha value is -1.46. The minimum atomic E-state index is -0.0528. The van der Waals surface area contributed by atoms with Crippen molar-refractivity contribution in [2.75, 3.05) is 32.8 Å². The number of rotatable bonds is 5. The number of piperidine rings is 1. The Balaban J connectivity index is 1.32. The van der Waals surface area contributed by atoms with E-state index in [2.05, 4.69) is 10.2 Å². The van der Waals surface area contributed by atoms with E-state index >= 15 is 0 Å². The van der Waals surface area contributed by atoms with E-state index in [0.29, 0.717) is 13.2 Å². The molecule has 2 saturated heterocycles. The van der Waals surface area contributed by atoms with Crippen LogP contribution in [0.5, 0.6) is 0 Å². The van der Waals surface area contributed by atoms with Crippen LogP contribution in [0.3, 0.4) is 0 Å². The van der Waals surface area contributed by atoms with Gasteiger partial charge in [0.2, 0.25) is 5.91 Å². The van der Waals surface area contributed by atoms with Gasteiger partial charge in [-0.3, -0.25) is 4.79 Å². The largest absolute Gasteiger partial charge is 0.381 e. The molecule has 28 heavy (non-hydrogen) atoms.